The van der Waals surface area contributed by atoms with E-state index in [2.05, 4.69) is 10.3 Å². The molecule has 1 aliphatic heterocycles. The first-order chi connectivity index (χ1) is 9.82. The number of nitrogens with zero attached hydrogens (tertiary/aromatic N) is 2. The van der Waals surface area contributed by atoms with Gasteiger partial charge in [0.1, 0.15) is 23.5 Å². The van der Waals surface area contributed by atoms with E-state index in [0.29, 0.717) is 6.07 Å². The quantitative estimate of drug-likeness (QED) is 0.878. The standard InChI is InChI=1S/C12H10F3N3O3/c13-12(14,15)9-2-1-6(3-16)10(18-9)17-8-5-21-4-7(8)11(19)20/h1-2,7-8H,4-5H2,(H,17,18)(H,19,20). The number of carboxylic acid groups (broad SMARTS) is 1. The third-order valence-corrected chi connectivity index (χ3v) is 3.03. The molecule has 21 heavy (non-hydrogen) atoms. The van der Waals surface area contributed by atoms with Crippen molar-refractivity contribution in [1.82, 2.24) is 4.98 Å². The van der Waals surface area contributed by atoms with E-state index in [4.69, 9.17) is 15.1 Å². The van der Waals surface area contributed by atoms with Crippen LogP contribution in [-0.4, -0.2) is 35.3 Å². The fourth-order valence-electron chi connectivity index (χ4n) is 1.93. The minimum Gasteiger partial charge on any atom is -0.481 e. The summed E-state index contributed by atoms with van der Waals surface area (Å²) in [5, 5.41) is 20.5. The van der Waals surface area contributed by atoms with Crippen LogP contribution in [0.5, 0.6) is 0 Å². The molecule has 1 aliphatic rings. The fraction of sp³-hybridized carbons (Fsp3) is 0.417. The molecule has 2 heterocycles. The molecule has 0 aliphatic carbocycles. The Morgan fingerprint density at radius 3 is 2.76 bits per heavy atom. The van der Waals surface area contributed by atoms with Gasteiger partial charge in [-0.3, -0.25) is 4.79 Å². The molecule has 2 N–H and O–H groups in total. The Morgan fingerprint density at radius 1 is 1.48 bits per heavy atom. The van der Waals surface area contributed by atoms with Crippen LogP contribution in [0.4, 0.5) is 19.0 Å². The Morgan fingerprint density at radius 2 is 2.19 bits per heavy atom. The van der Waals surface area contributed by atoms with E-state index in [1.165, 1.54) is 0 Å². The summed E-state index contributed by atoms with van der Waals surface area (Å²) in [5.74, 6) is -2.34. The van der Waals surface area contributed by atoms with Crippen molar-refractivity contribution >= 4 is 11.8 Å². The van der Waals surface area contributed by atoms with Gasteiger partial charge in [0.05, 0.1) is 24.8 Å². The number of anilines is 1. The molecule has 2 atom stereocenters. The first-order valence-electron chi connectivity index (χ1n) is 5.88. The minimum atomic E-state index is -4.65. The lowest BCUT2D eigenvalue weighted by molar-refractivity contribution is -0.142. The molecule has 9 heteroatoms. The second kappa shape index (κ2) is 5.57. The average molecular weight is 301 g/mol. The maximum absolute atomic E-state index is 12.6. The van der Waals surface area contributed by atoms with Crippen LogP contribution in [0.1, 0.15) is 11.3 Å². The van der Waals surface area contributed by atoms with Gasteiger partial charge in [0.2, 0.25) is 0 Å². The predicted octanol–water partition coefficient (Wildman–Crippen LogP) is 1.48. The van der Waals surface area contributed by atoms with Gasteiger partial charge in [0, 0.05) is 0 Å². The van der Waals surface area contributed by atoms with Crippen LogP contribution in [0.2, 0.25) is 0 Å². The molecule has 0 radical (unpaired) electrons. The molecule has 1 fully saturated rings. The first kappa shape index (κ1) is 15.1. The molecule has 0 spiro atoms. The summed E-state index contributed by atoms with van der Waals surface area (Å²) < 4.78 is 42.9. The van der Waals surface area contributed by atoms with Crippen LogP contribution in [0, 0.1) is 17.2 Å². The Bertz CT molecular complexity index is 598. The van der Waals surface area contributed by atoms with Crippen molar-refractivity contribution in [1.29, 1.82) is 5.26 Å². The predicted molar refractivity (Wildman–Crippen MR) is 63.3 cm³/mol. The van der Waals surface area contributed by atoms with Gasteiger partial charge < -0.3 is 15.2 Å². The summed E-state index contributed by atoms with van der Waals surface area (Å²) in [6, 6.07) is 2.65. The molecule has 0 aromatic carbocycles. The maximum atomic E-state index is 12.6. The monoisotopic (exact) mass is 301 g/mol. The zero-order valence-electron chi connectivity index (χ0n) is 10.5. The van der Waals surface area contributed by atoms with Gasteiger partial charge in [0.15, 0.2) is 0 Å². The zero-order valence-corrected chi connectivity index (χ0v) is 10.5. The third kappa shape index (κ3) is 3.22. The van der Waals surface area contributed by atoms with E-state index in [-0.39, 0.29) is 24.6 Å². The molecule has 2 unspecified atom stereocenters. The number of pyridine rings is 1. The van der Waals surface area contributed by atoms with Crippen molar-refractivity contribution in [2.75, 3.05) is 18.5 Å². The molecule has 0 bridgehead atoms. The van der Waals surface area contributed by atoms with Gasteiger partial charge >= 0.3 is 12.1 Å². The lowest BCUT2D eigenvalue weighted by Gasteiger charge is -2.18. The van der Waals surface area contributed by atoms with Gasteiger partial charge in [-0.2, -0.15) is 18.4 Å². The molecule has 6 nitrogen and oxygen atoms in total. The van der Waals surface area contributed by atoms with E-state index in [0.717, 1.165) is 6.07 Å². The summed E-state index contributed by atoms with van der Waals surface area (Å²) in [6.07, 6.45) is -4.65. The SMILES string of the molecule is N#Cc1ccc(C(F)(F)F)nc1NC1COCC1C(=O)O. The fourth-order valence-corrected chi connectivity index (χ4v) is 1.93. The average Bonchev–Trinajstić information content (AvgIpc) is 2.86. The number of alkyl halides is 3. The molecule has 0 saturated carbocycles. The van der Waals surface area contributed by atoms with Gasteiger partial charge in [-0.15, -0.1) is 0 Å². The number of nitriles is 1. The number of ether oxygens (including phenoxy) is 1. The number of carboxylic acids is 1. The van der Waals surface area contributed by atoms with Crippen molar-refractivity contribution in [3.63, 3.8) is 0 Å². The summed E-state index contributed by atoms with van der Waals surface area (Å²) in [4.78, 5) is 14.4. The molecule has 2 rings (SSSR count). The molecule has 1 aromatic heterocycles. The Hall–Kier alpha value is -2.34. The van der Waals surface area contributed by atoms with E-state index in [9.17, 15) is 18.0 Å². The molecule has 1 saturated heterocycles. The maximum Gasteiger partial charge on any atom is 0.433 e. The lowest BCUT2D eigenvalue weighted by Crippen LogP contribution is -2.34. The number of rotatable bonds is 3. The summed E-state index contributed by atoms with van der Waals surface area (Å²) in [6.45, 7) is -0.0341. The number of hydrogen-bond acceptors (Lipinski definition) is 5. The third-order valence-electron chi connectivity index (χ3n) is 3.03. The van der Waals surface area contributed by atoms with E-state index in [1.54, 1.807) is 6.07 Å². The van der Waals surface area contributed by atoms with Crippen LogP contribution in [0.15, 0.2) is 12.1 Å². The number of carbonyl (C=O) groups is 1. The Labute approximate surface area is 117 Å². The van der Waals surface area contributed by atoms with Gasteiger partial charge in [0.25, 0.3) is 0 Å². The second-order valence-electron chi connectivity index (χ2n) is 4.44. The number of aliphatic carboxylic acids is 1. The van der Waals surface area contributed by atoms with Crippen molar-refractivity contribution < 1.29 is 27.8 Å². The summed E-state index contributed by atoms with van der Waals surface area (Å²) >= 11 is 0. The highest BCUT2D eigenvalue weighted by atomic mass is 19.4. The van der Waals surface area contributed by atoms with E-state index < -0.39 is 29.8 Å². The zero-order chi connectivity index (χ0) is 15.6. The topological polar surface area (TPSA) is 95.2 Å². The van der Waals surface area contributed by atoms with Crippen molar-refractivity contribution in [2.24, 2.45) is 5.92 Å². The highest BCUT2D eigenvalue weighted by Gasteiger charge is 2.36. The largest absolute Gasteiger partial charge is 0.481 e. The smallest absolute Gasteiger partial charge is 0.433 e. The molecule has 112 valence electrons. The molecular formula is C12H10F3N3O3. The van der Waals surface area contributed by atoms with E-state index >= 15 is 0 Å². The van der Waals surface area contributed by atoms with Crippen molar-refractivity contribution in [2.45, 2.75) is 12.2 Å². The van der Waals surface area contributed by atoms with Crippen LogP contribution >= 0.6 is 0 Å². The number of aromatic nitrogens is 1. The number of hydrogen-bond donors (Lipinski definition) is 2. The van der Waals surface area contributed by atoms with Gasteiger partial charge in [-0.25, -0.2) is 4.98 Å². The number of halogens is 3. The second-order valence-corrected chi connectivity index (χ2v) is 4.44. The van der Waals surface area contributed by atoms with E-state index in [1.807, 2.05) is 0 Å². The van der Waals surface area contributed by atoms with Gasteiger partial charge in [-0.05, 0) is 12.1 Å². The normalized spacial score (nSPS) is 21.8. The van der Waals surface area contributed by atoms with Crippen LogP contribution < -0.4 is 5.32 Å². The van der Waals surface area contributed by atoms with Crippen LogP contribution in [-0.2, 0) is 15.7 Å². The molecule has 1 aromatic rings. The number of nitrogens with one attached hydrogen (secondary N) is 1. The van der Waals surface area contributed by atoms with Crippen molar-refractivity contribution in [3.05, 3.63) is 23.4 Å². The Balaban J connectivity index is 2.30. The lowest BCUT2D eigenvalue weighted by atomic mass is 10.0. The van der Waals surface area contributed by atoms with Crippen molar-refractivity contribution in [3.8, 4) is 6.07 Å². The van der Waals surface area contributed by atoms with Crippen LogP contribution in [0.3, 0.4) is 0 Å². The highest BCUT2D eigenvalue weighted by molar-refractivity contribution is 5.72. The highest BCUT2D eigenvalue weighted by Crippen LogP contribution is 2.30. The van der Waals surface area contributed by atoms with Gasteiger partial charge in [-0.1, -0.05) is 0 Å². The summed E-state index contributed by atoms with van der Waals surface area (Å²) in [7, 11) is 0. The minimum absolute atomic E-state index is 0.0137. The van der Waals surface area contributed by atoms with Crippen LogP contribution in [0.25, 0.3) is 0 Å². The first-order valence-corrected chi connectivity index (χ1v) is 5.88. The Kier molecular flexibility index (Phi) is 3.99. The molecular weight excluding hydrogens is 291 g/mol. The molecule has 0 amide bonds. The summed E-state index contributed by atoms with van der Waals surface area (Å²) in [5.41, 5.74) is -1.26.